The molecule has 0 bridgehead atoms. The SMILES string of the molecule is c1ccc(Sc2ccc(-c3ccc(-c4ccccc4)cc3)cc2)cc1. The molecule has 0 unspecified atom stereocenters. The Kier molecular flexibility index (Phi) is 4.67. The van der Waals surface area contributed by atoms with E-state index < -0.39 is 0 Å². The van der Waals surface area contributed by atoms with Crippen LogP contribution < -0.4 is 0 Å². The van der Waals surface area contributed by atoms with Crippen molar-refractivity contribution in [2.75, 3.05) is 0 Å². The molecule has 0 atom stereocenters. The molecular formula is C24H18S. The standard InChI is InChI=1S/C24H18S/c1-3-7-19(8-4-1)20-11-13-21(14-12-20)22-15-17-24(18-16-22)25-23-9-5-2-6-10-23/h1-18H. The molecule has 0 amide bonds. The Balaban J connectivity index is 1.52. The molecule has 0 spiro atoms. The minimum Gasteiger partial charge on any atom is -0.0901 e. The van der Waals surface area contributed by atoms with Gasteiger partial charge in [-0.15, -0.1) is 0 Å². The van der Waals surface area contributed by atoms with Crippen molar-refractivity contribution in [1.29, 1.82) is 0 Å². The van der Waals surface area contributed by atoms with Crippen molar-refractivity contribution in [3.8, 4) is 22.3 Å². The van der Waals surface area contributed by atoms with Crippen LogP contribution in [0.4, 0.5) is 0 Å². The first kappa shape index (κ1) is 15.7. The van der Waals surface area contributed by atoms with E-state index in [2.05, 4.69) is 97.1 Å². The molecule has 0 nitrogen and oxygen atoms in total. The number of hydrogen-bond donors (Lipinski definition) is 0. The molecule has 120 valence electrons. The van der Waals surface area contributed by atoms with Crippen LogP contribution in [0, 0.1) is 0 Å². The van der Waals surface area contributed by atoms with Gasteiger partial charge in [0.25, 0.3) is 0 Å². The fourth-order valence-electron chi connectivity index (χ4n) is 2.83. The molecule has 4 aromatic carbocycles. The molecule has 25 heavy (non-hydrogen) atoms. The van der Waals surface area contributed by atoms with Crippen molar-refractivity contribution in [3.05, 3.63) is 109 Å². The lowest BCUT2D eigenvalue weighted by Crippen LogP contribution is -1.81. The molecule has 0 aromatic heterocycles. The monoisotopic (exact) mass is 338 g/mol. The first-order valence-corrected chi connectivity index (χ1v) is 9.19. The molecule has 4 rings (SSSR count). The van der Waals surface area contributed by atoms with E-state index in [1.165, 1.54) is 32.0 Å². The average molecular weight is 338 g/mol. The summed E-state index contributed by atoms with van der Waals surface area (Å²) in [5.74, 6) is 0. The third-order valence-corrected chi connectivity index (χ3v) is 5.17. The van der Waals surface area contributed by atoms with Gasteiger partial charge in [0.2, 0.25) is 0 Å². The Labute approximate surface area is 153 Å². The lowest BCUT2D eigenvalue weighted by atomic mass is 10.0. The number of benzene rings is 4. The van der Waals surface area contributed by atoms with E-state index in [0.717, 1.165) is 0 Å². The molecule has 0 heterocycles. The van der Waals surface area contributed by atoms with E-state index in [4.69, 9.17) is 0 Å². The van der Waals surface area contributed by atoms with Crippen molar-refractivity contribution in [3.63, 3.8) is 0 Å². The largest absolute Gasteiger partial charge is 0.0901 e. The maximum absolute atomic E-state index is 2.20. The second-order valence-corrected chi connectivity index (χ2v) is 7.03. The van der Waals surface area contributed by atoms with Crippen molar-refractivity contribution in [2.24, 2.45) is 0 Å². The molecule has 0 aliphatic rings. The molecule has 0 aliphatic heterocycles. The van der Waals surface area contributed by atoms with Gasteiger partial charge in [0, 0.05) is 9.79 Å². The predicted octanol–water partition coefficient (Wildman–Crippen LogP) is 7.17. The highest BCUT2D eigenvalue weighted by atomic mass is 32.2. The Morgan fingerprint density at radius 1 is 0.320 bits per heavy atom. The van der Waals surface area contributed by atoms with E-state index >= 15 is 0 Å². The van der Waals surface area contributed by atoms with Gasteiger partial charge in [-0.1, -0.05) is 96.7 Å². The Hall–Kier alpha value is -2.77. The first-order chi connectivity index (χ1) is 12.4. The van der Waals surface area contributed by atoms with Crippen LogP contribution in [-0.2, 0) is 0 Å². The highest BCUT2D eigenvalue weighted by Crippen LogP contribution is 2.30. The lowest BCUT2D eigenvalue weighted by Gasteiger charge is -2.06. The maximum atomic E-state index is 2.20. The normalized spacial score (nSPS) is 10.6. The second kappa shape index (κ2) is 7.42. The van der Waals surface area contributed by atoms with E-state index in [-0.39, 0.29) is 0 Å². The van der Waals surface area contributed by atoms with E-state index in [1.807, 2.05) is 12.1 Å². The van der Waals surface area contributed by atoms with Crippen LogP contribution in [0.5, 0.6) is 0 Å². The van der Waals surface area contributed by atoms with E-state index in [1.54, 1.807) is 11.8 Å². The second-order valence-electron chi connectivity index (χ2n) is 5.88. The van der Waals surface area contributed by atoms with E-state index in [0.29, 0.717) is 0 Å². The quantitative estimate of drug-likeness (QED) is 0.380. The van der Waals surface area contributed by atoms with Crippen molar-refractivity contribution in [1.82, 2.24) is 0 Å². The summed E-state index contributed by atoms with van der Waals surface area (Å²) in [7, 11) is 0. The summed E-state index contributed by atoms with van der Waals surface area (Å²) >= 11 is 1.79. The fourth-order valence-corrected chi connectivity index (χ4v) is 3.66. The smallest absolute Gasteiger partial charge is 0.0122 e. The predicted molar refractivity (Wildman–Crippen MR) is 108 cm³/mol. The van der Waals surface area contributed by atoms with Crippen LogP contribution in [-0.4, -0.2) is 0 Å². The molecular weight excluding hydrogens is 320 g/mol. The minimum absolute atomic E-state index is 1.25. The van der Waals surface area contributed by atoms with Gasteiger partial charge >= 0.3 is 0 Å². The molecule has 0 saturated carbocycles. The zero-order valence-corrected chi connectivity index (χ0v) is 14.6. The summed E-state index contributed by atoms with van der Waals surface area (Å²) in [6.45, 7) is 0. The Bertz CT molecular complexity index is 925. The summed E-state index contributed by atoms with van der Waals surface area (Å²) in [4.78, 5) is 2.53. The van der Waals surface area contributed by atoms with Crippen LogP contribution in [0.25, 0.3) is 22.3 Å². The average Bonchev–Trinajstić information content (AvgIpc) is 2.70. The van der Waals surface area contributed by atoms with Gasteiger partial charge in [-0.05, 0) is 46.5 Å². The van der Waals surface area contributed by atoms with Crippen LogP contribution in [0.2, 0.25) is 0 Å². The first-order valence-electron chi connectivity index (χ1n) is 8.37. The highest BCUT2D eigenvalue weighted by Gasteiger charge is 2.02. The summed E-state index contributed by atoms with van der Waals surface area (Å²) in [6.07, 6.45) is 0. The van der Waals surface area contributed by atoms with Crippen LogP contribution in [0.1, 0.15) is 0 Å². The third-order valence-electron chi connectivity index (χ3n) is 4.16. The topological polar surface area (TPSA) is 0 Å². The molecule has 1 heteroatoms. The highest BCUT2D eigenvalue weighted by molar-refractivity contribution is 7.99. The van der Waals surface area contributed by atoms with Gasteiger partial charge in [-0.25, -0.2) is 0 Å². The zero-order valence-electron chi connectivity index (χ0n) is 13.8. The minimum atomic E-state index is 1.25. The molecule has 0 radical (unpaired) electrons. The van der Waals surface area contributed by atoms with Crippen LogP contribution >= 0.6 is 11.8 Å². The maximum Gasteiger partial charge on any atom is 0.0122 e. The Morgan fingerprint density at radius 2 is 0.680 bits per heavy atom. The van der Waals surface area contributed by atoms with Gasteiger partial charge in [-0.2, -0.15) is 0 Å². The van der Waals surface area contributed by atoms with E-state index in [9.17, 15) is 0 Å². The Morgan fingerprint density at radius 3 is 1.20 bits per heavy atom. The fraction of sp³-hybridized carbons (Fsp3) is 0. The van der Waals surface area contributed by atoms with Crippen LogP contribution in [0.15, 0.2) is 119 Å². The number of rotatable bonds is 4. The third kappa shape index (κ3) is 3.84. The van der Waals surface area contributed by atoms with Crippen LogP contribution in [0.3, 0.4) is 0 Å². The zero-order chi connectivity index (χ0) is 16.9. The van der Waals surface area contributed by atoms with Gasteiger partial charge in [-0.3, -0.25) is 0 Å². The number of hydrogen-bond acceptors (Lipinski definition) is 1. The van der Waals surface area contributed by atoms with Crippen molar-refractivity contribution in [2.45, 2.75) is 9.79 Å². The van der Waals surface area contributed by atoms with Crippen molar-refractivity contribution < 1.29 is 0 Å². The summed E-state index contributed by atoms with van der Waals surface area (Å²) < 4.78 is 0. The molecule has 0 N–H and O–H groups in total. The lowest BCUT2D eigenvalue weighted by molar-refractivity contribution is 1.41. The van der Waals surface area contributed by atoms with Gasteiger partial charge in [0.05, 0.1) is 0 Å². The summed E-state index contributed by atoms with van der Waals surface area (Å²) in [5.41, 5.74) is 5.00. The molecule has 0 fully saturated rings. The van der Waals surface area contributed by atoms with Crippen molar-refractivity contribution >= 4 is 11.8 Å². The molecule has 0 saturated heterocycles. The van der Waals surface area contributed by atoms with Gasteiger partial charge in [0.15, 0.2) is 0 Å². The summed E-state index contributed by atoms with van der Waals surface area (Å²) in [5, 5.41) is 0. The molecule has 0 aliphatic carbocycles. The van der Waals surface area contributed by atoms with Gasteiger partial charge < -0.3 is 0 Å². The molecule has 4 aromatic rings. The van der Waals surface area contributed by atoms with Gasteiger partial charge in [0.1, 0.15) is 0 Å². The summed E-state index contributed by atoms with van der Waals surface area (Å²) in [6, 6.07) is 38.5.